The average Bonchev–Trinajstić information content (AvgIpc) is 3.30. The van der Waals surface area contributed by atoms with Crippen molar-refractivity contribution in [3.05, 3.63) is 72.0 Å². The van der Waals surface area contributed by atoms with E-state index in [2.05, 4.69) is 20.5 Å². The van der Waals surface area contributed by atoms with Gasteiger partial charge in [0.15, 0.2) is 0 Å². The highest BCUT2D eigenvalue weighted by molar-refractivity contribution is 5.89. The normalized spacial score (nSPS) is 11.0. The molecular weight excluding hydrogens is 335 g/mol. The first-order valence-electron chi connectivity index (χ1n) is 8.13. The Morgan fingerprint density at radius 1 is 1.12 bits per heavy atom. The fourth-order valence-corrected chi connectivity index (χ4v) is 2.75. The van der Waals surface area contributed by atoms with Crippen LogP contribution in [0.1, 0.15) is 16.2 Å². The van der Waals surface area contributed by atoms with Crippen molar-refractivity contribution in [3.63, 3.8) is 0 Å². The number of H-pyrrole nitrogens is 1. The Hall–Kier alpha value is -3.48. The average molecular weight is 350 g/mol. The van der Waals surface area contributed by atoms with Gasteiger partial charge in [-0.05, 0) is 42.3 Å². The summed E-state index contributed by atoms with van der Waals surface area (Å²) in [6.45, 7) is 0.439. The van der Waals surface area contributed by atoms with Crippen molar-refractivity contribution in [1.82, 2.24) is 20.5 Å². The van der Waals surface area contributed by atoms with Gasteiger partial charge in [0, 0.05) is 29.2 Å². The molecule has 4 aromatic rings. The summed E-state index contributed by atoms with van der Waals surface area (Å²) in [7, 11) is 0. The molecule has 2 heterocycles. The predicted molar refractivity (Wildman–Crippen MR) is 94.0 cm³/mol. The van der Waals surface area contributed by atoms with Gasteiger partial charge in [-0.2, -0.15) is 0 Å². The van der Waals surface area contributed by atoms with Crippen LogP contribution in [0.4, 0.5) is 4.39 Å². The molecule has 2 N–H and O–H groups in total. The maximum absolute atomic E-state index is 13.0. The second kappa shape index (κ2) is 6.79. The highest BCUT2D eigenvalue weighted by Crippen LogP contribution is 2.19. The van der Waals surface area contributed by atoms with E-state index >= 15 is 0 Å². The van der Waals surface area contributed by atoms with Gasteiger partial charge in [-0.3, -0.25) is 4.79 Å². The Bertz CT molecular complexity index is 1050. The molecule has 26 heavy (non-hydrogen) atoms. The van der Waals surface area contributed by atoms with E-state index in [1.54, 1.807) is 0 Å². The van der Waals surface area contributed by atoms with Crippen molar-refractivity contribution >= 4 is 16.8 Å². The number of aromatic amines is 1. The number of para-hydroxylation sites is 1. The third kappa shape index (κ3) is 3.19. The van der Waals surface area contributed by atoms with Crippen LogP contribution in [-0.4, -0.2) is 27.6 Å². The molecule has 4 rings (SSSR count). The van der Waals surface area contributed by atoms with Crippen LogP contribution in [0.3, 0.4) is 0 Å². The molecule has 2 aromatic carbocycles. The molecule has 0 radical (unpaired) electrons. The smallest absolute Gasteiger partial charge is 0.308 e. The number of rotatable bonds is 5. The third-order valence-electron chi connectivity index (χ3n) is 4.07. The molecule has 0 saturated carbocycles. The first kappa shape index (κ1) is 16.0. The molecule has 7 heteroatoms. The van der Waals surface area contributed by atoms with Crippen LogP contribution in [0, 0.1) is 5.82 Å². The minimum absolute atomic E-state index is 0.122. The first-order valence-corrected chi connectivity index (χ1v) is 8.13. The van der Waals surface area contributed by atoms with E-state index in [9.17, 15) is 9.18 Å². The number of aromatic nitrogens is 3. The van der Waals surface area contributed by atoms with Gasteiger partial charge in [-0.25, -0.2) is 4.39 Å². The van der Waals surface area contributed by atoms with Crippen LogP contribution >= 0.6 is 0 Å². The number of hydrogen-bond donors (Lipinski definition) is 2. The zero-order valence-electron chi connectivity index (χ0n) is 13.7. The SMILES string of the molecule is O=C(NCCc1c[nH]c2ccccc12)c1nnc(-c2ccc(F)cc2)o1. The number of fused-ring (bicyclic) bond motifs is 1. The number of benzene rings is 2. The van der Waals surface area contributed by atoms with E-state index in [1.807, 2.05) is 30.5 Å². The van der Waals surface area contributed by atoms with Crippen molar-refractivity contribution in [2.24, 2.45) is 0 Å². The molecule has 6 nitrogen and oxygen atoms in total. The lowest BCUT2D eigenvalue weighted by Crippen LogP contribution is -2.25. The summed E-state index contributed by atoms with van der Waals surface area (Å²) < 4.78 is 18.3. The van der Waals surface area contributed by atoms with Crippen molar-refractivity contribution in [1.29, 1.82) is 0 Å². The fraction of sp³-hybridized carbons (Fsp3) is 0.105. The molecule has 0 aliphatic heterocycles. The summed E-state index contributed by atoms with van der Waals surface area (Å²) in [4.78, 5) is 15.4. The number of hydrogen-bond acceptors (Lipinski definition) is 4. The van der Waals surface area contributed by atoms with Gasteiger partial charge in [0.25, 0.3) is 0 Å². The lowest BCUT2D eigenvalue weighted by Gasteiger charge is -2.01. The summed E-state index contributed by atoms with van der Waals surface area (Å²) in [5.74, 6) is -0.746. The Labute approximate surface area is 148 Å². The fourth-order valence-electron chi connectivity index (χ4n) is 2.75. The maximum atomic E-state index is 13.0. The van der Waals surface area contributed by atoms with E-state index in [-0.39, 0.29) is 17.6 Å². The molecular formula is C19H15FN4O2. The van der Waals surface area contributed by atoms with Gasteiger partial charge >= 0.3 is 11.8 Å². The van der Waals surface area contributed by atoms with Gasteiger partial charge < -0.3 is 14.7 Å². The minimum Gasteiger partial charge on any atom is -0.412 e. The van der Waals surface area contributed by atoms with E-state index in [0.29, 0.717) is 18.5 Å². The standard InChI is InChI=1S/C19H15FN4O2/c20-14-7-5-12(6-8-14)18-23-24-19(26-18)17(25)21-10-9-13-11-22-16-4-2-1-3-15(13)16/h1-8,11,22H,9-10H2,(H,21,25). The van der Waals surface area contributed by atoms with Crippen molar-refractivity contribution < 1.29 is 13.6 Å². The Morgan fingerprint density at radius 2 is 1.92 bits per heavy atom. The second-order valence-electron chi connectivity index (χ2n) is 5.78. The summed E-state index contributed by atoms with van der Waals surface area (Å²) in [5.41, 5.74) is 2.74. The maximum Gasteiger partial charge on any atom is 0.308 e. The van der Waals surface area contributed by atoms with Gasteiger partial charge in [-0.15, -0.1) is 10.2 Å². The number of nitrogens with zero attached hydrogens (tertiary/aromatic N) is 2. The zero-order chi connectivity index (χ0) is 17.9. The number of halogens is 1. The van der Waals surface area contributed by atoms with Crippen molar-refractivity contribution in [2.45, 2.75) is 6.42 Å². The van der Waals surface area contributed by atoms with Gasteiger partial charge in [0.05, 0.1) is 0 Å². The first-order chi connectivity index (χ1) is 12.7. The summed E-state index contributed by atoms with van der Waals surface area (Å²) >= 11 is 0. The Balaban J connectivity index is 1.39. The molecule has 2 aromatic heterocycles. The van der Waals surface area contributed by atoms with Gasteiger partial charge in [-0.1, -0.05) is 18.2 Å². The molecule has 0 saturated heterocycles. The lowest BCUT2D eigenvalue weighted by molar-refractivity contribution is 0.0920. The highest BCUT2D eigenvalue weighted by Gasteiger charge is 2.15. The summed E-state index contributed by atoms with van der Waals surface area (Å²) in [6, 6.07) is 13.6. The van der Waals surface area contributed by atoms with E-state index in [1.165, 1.54) is 24.3 Å². The zero-order valence-corrected chi connectivity index (χ0v) is 13.7. The second-order valence-corrected chi connectivity index (χ2v) is 5.78. The predicted octanol–water partition coefficient (Wildman–Crippen LogP) is 3.33. The van der Waals surface area contributed by atoms with E-state index in [0.717, 1.165) is 16.5 Å². The molecule has 0 bridgehead atoms. The van der Waals surface area contributed by atoms with Crippen LogP contribution in [0.15, 0.2) is 59.1 Å². The largest absolute Gasteiger partial charge is 0.412 e. The number of carbonyl (C=O) groups is 1. The van der Waals surface area contributed by atoms with Crippen LogP contribution in [-0.2, 0) is 6.42 Å². The Morgan fingerprint density at radius 3 is 2.77 bits per heavy atom. The molecule has 0 aliphatic rings. The monoisotopic (exact) mass is 350 g/mol. The van der Waals surface area contributed by atoms with Crippen LogP contribution in [0.5, 0.6) is 0 Å². The Kier molecular flexibility index (Phi) is 4.18. The van der Waals surface area contributed by atoms with Crippen LogP contribution < -0.4 is 5.32 Å². The molecule has 0 unspecified atom stereocenters. The third-order valence-corrected chi connectivity index (χ3v) is 4.07. The summed E-state index contributed by atoms with van der Waals surface area (Å²) in [6.07, 6.45) is 2.62. The number of amides is 1. The number of nitrogens with one attached hydrogen (secondary N) is 2. The van der Waals surface area contributed by atoms with Crippen LogP contribution in [0.25, 0.3) is 22.4 Å². The van der Waals surface area contributed by atoms with Crippen LogP contribution in [0.2, 0.25) is 0 Å². The molecule has 0 fully saturated rings. The molecule has 0 aliphatic carbocycles. The summed E-state index contributed by atoms with van der Waals surface area (Å²) in [5, 5.41) is 11.5. The number of carbonyl (C=O) groups excluding carboxylic acids is 1. The lowest BCUT2D eigenvalue weighted by atomic mass is 10.1. The van der Waals surface area contributed by atoms with E-state index < -0.39 is 5.91 Å². The quantitative estimate of drug-likeness (QED) is 0.578. The molecule has 130 valence electrons. The molecule has 1 amide bonds. The van der Waals surface area contributed by atoms with Gasteiger partial charge in [0.2, 0.25) is 5.89 Å². The highest BCUT2D eigenvalue weighted by atomic mass is 19.1. The van der Waals surface area contributed by atoms with Crippen molar-refractivity contribution in [3.8, 4) is 11.5 Å². The molecule has 0 spiro atoms. The topological polar surface area (TPSA) is 83.8 Å². The van der Waals surface area contributed by atoms with E-state index in [4.69, 9.17) is 4.42 Å². The van der Waals surface area contributed by atoms with Gasteiger partial charge in [0.1, 0.15) is 5.82 Å². The minimum atomic E-state index is -0.439. The van der Waals surface area contributed by atoms with Crippen molar-refractivity contribution in [2.75, 3.05) is 6.54 Å². The molecule has 0 atom stereocenters.